The molecule has 0 bridgehead atoms. The van der Waals surface area contributed by atoms with E-state index >= 15 is 0 Å². The Balaban J connectivity index is 1.66. The molecule has 3 aromatic rings. The summed E-state index contributed by atoms with van der Waals surface area (Å²) in [5.74, 6) is -1.31. The maximum absolute atomic E-state index is 12.6. The fourth-order valence-electron chi connectivity index (χ4n) is 2.94. The van der Waals surface area contributed by atoms with Crippen LogP contribution in [0.1, 0.15) is 35.1 Å². The largest absolute Gasteiger partial charge is 0.449 e. The van der Waals surface area contributed by atoms with Crippen LogP contribution in [-0.2, 0) is 19.6 Å². The summed E-state index contributed by atoms with van der Waals surface area (Å²) in [5.41, 5.74) is 1.75. The van der Waals surface area contributed by atoms with Gasteiger partial charge in [-0.3, -0.25) is 4.79 Å². The highest BCUT2D eigenvalue weighted by molar-refractivity contribution is 7.92. The molecule has 0 radical (unpaired) electrons. The Bertz CT molecular complexity index is 1300. The third-order valence-electron chi connectivity index (χ3n) is 4.51. The minimum atomic E-state index is -3.94. The zero-order valence-electron chi connectivity index (χ0n) is 18.6. The van der Waals surface area contributed by atoms with Crippen LogP contribution in [0.4, 0.5) is 11.6 Å². The van der Waals surface area contributed by atoms with Gasteiger partial charge in [-0.2, -0.15) is 0 Å². The van der Waals surface area contributed by atoms with Gasteiger partial charge in [0.1, 0.15) is 5.15 Å². The number of halogens is 1. The first-order chi connectivity index (χ1) is 16.1. The van der Waals surface area contributed by atoms with Gasteiger partial charge < -0.3 is 10.1 Å². The number of carbonyl (C=O) groups excluding carboxylic acids is 2. The van der Waals surface area contributed by atoms with E-state index in [1.807, 2.05) is 0 Å². The highest BCUT2D eigenvalue weighted by atomic mass is 35.5. The van der Waals surface area contributed by atoms with Crippen LogP contribution in [0, 0.1) is 13.8 Å². The van der Waals surface area contributed by atoms with Crippen LogP contribution in [0.3, 0.4) is 0 Å². The van der Waals surface area contributed by atoms with Crippen molar-refractivity contribution >= 4 is 45.1 Å². The molecule has 178 valence electrons. The number of pyridine rings is 1. The van der Waals surface area contributed by atoms with Gasteiger partial charge in [-0.15, -0.1) is 0 Å². The van der Waals surface area contributed by atoms with Crippen molar-refractivity contribution in [2.45, 2.75) is 38.2 Å². The standard InChI is InChI=1S/C22H22ClN5O5S/c1-4-18(33-21(30)15-9-10-24-19(23)12-15)20(29)27-16-5-7-17(8-6-16)34(31,32)28-22-25-13(2)11-14(3)26-22/h5-12,18H,4H2,1-3H3,(H,27,29)(H,25,26,28). The van der Waals surface area contributed by atoms with E-state index in [0.29, 0.717) is 17.1 Å². The van der Waals surface area contributed by atoms with Gasteiger partial charge in [-0.25, -0.2) is 32.9 Å². The van der Waals surface area contributed by atoms with E-state index in [0.717, 1.165) is 0 Å². The summed E-state index contributed by atoms with van der Waals surface area (Å²) in [5, 5.41) is 2.74. The predicted molar refractivity (Wildman–Crippen MR) is 126 cm³/mol. The van der Waals surface area contributed by atoms with Gasteiger partial charge in [0.25, 0.3) is 15.9 Å². The van der Waals surface area contributed by atoms with Crippen LogP contribution in [0.25, 0.3) is 0 Å². The van der Waals surface area contributed by atoms with E-state index in [1.165, 1.54) is 42.6 Å². The van der Waals surface area contributed by atoms with Gasteiger partial charge in [0, 0.05) is 23.3 Å². The molecule has 0 aliphatic heterocycles. The molecule has 2 N–H and O–H groups in total. The molecule has 1 atom stereocenters. The number of ether oxygens (including phenoxy) is 1. The highest BCUT2D eigenvalue weighted by Crippen LogP contribution is 2.18. The lowest BCUT2D eigenvalue weighted by atomic mass is 10.2. The van der Waals surface area contributed by atoms with E-state index in [2.05, 4.69) is 25.0 Å². The zero-order valence-corrected chi connectivity index (χ0v) is 20.1. The molecule has 0 saturated carbocycles. The number of aromatic nitrogens is 3. The fourth-order valence-corrected chi connectivity index (χ4v) is 4.06. The molecular formula is C22H22ClN5O5S. The average Bonchev–Trinajstić information content (AvgIpc) is 2.76. The highest BCUT2D eigenvalue weighted by Gasteiger charge is 2.23. The van der Waals surface area contributed by atoms with E-state index in [4.69, 9.17) is 16.3 Å². The van der Waals surface area contributed by atoms with Crippen LogP contribution < -0.4 is 10.0 Å². The molecule has 1 amide bonds. The predicted octanol–water partition coefficient (Wildman–Crippen LogP) is 3.52. The van der Waals surface area contributed by atoms with Gasteiger partial charge in [0.2, 0.25) is 5.95 Å². The topological polar surface area (TPSA) is 140 Å². The van der Waals surface area contributed by atoms with Crippen molar-refractivity contribution in [3.63, 3.8) is 0 Å². The second kappa shape index (κ2) is 10.6. The first kappa shape index (κ1) is 25.1. The third-order valence-corrected chi connectivity index (χ3v) is 6.07. The Hall–Kier alpha value is -3.57. The van der Waals surface area contributed by atoms with Crippen molar-refractivity contribution in [2.75, 3.05) is 10.0 Å². The Morgan fingerprint density at radius 1 is 1.06 bits per heavy atom. The summed E-state index contributed by atoms with van der Waals surface area (Å²) < 4.78 is 32.9. The van der Waals surface area contributed by atoms with Crippen molar-refractivity contribution in [3.05, 3.63) is 70.8 Å². The zero-order chi connectivity index (χ0) is 24.9. The third kappa shape index (κ3) is 6.49. The van der Waals surface area contributed by atoms with Crippen molar-refractivity contribution in [1.29, 1.82) is 0 Å². The number of nitrogens with zero attached hydrogens (tertiary/aromatic N) is 3. The van der Waals surface area contributed by atoms with E-state index in [9.17, 15) is 18.0 Å². The number of benzene rings is 1. The molecule has 0 aliphatic rings. The molecule has 0 fully saturated rings. The minimum absolute atomic E-state index is 0.0297. The summed E-state index contributed by atoms with van der Waals surface area (Å²) in [6.07, 6.45) is 0.519. The number of hydrogen-bond acceptors (Lipinski definition) is 8. The number of nitrogens with one attached hydrogen (secondary N) is 2. The number of sulfonamides is 1. The molecule has 1 unspecified atom stereocenters. The van der Waals surface area contributed by atoms with Crippen LogP contribution in [0.5, 0.6) is 0 Å². The van der Waals surface area contributed by atoms with Crippen LogP contribution in [0.15, 0.2) is 53.6 Å². The van der Waals surface area contributed by atoms with Crippen LogP contribution in [0.2, 0.25) is 5.15 Å². The monoisotopic (exact) mass is 503 g/mol. The van der Waals surface area contributed by atoms with E-state index in [-0.39, 0.29) is 28.0 Å². The number of aryl methyl sites for hydroxylation is 2. The molecule has 34 heavy (non-hydrogen) atoms. The summed E-state index contributed by atoms with van der Waals surface area (Å²) >= 11 is 5.78. The molecule has 3 rings (SSSR count). The summed E-state index contributed by atoms with van der Waals surface area (Å²) in [6, 6.07) is 9.99. The van der Waals surface area contributed by atoms with Crippen molar-refractivity contribution in [2.24, 2.45) is 0 Å². The summed E-state index contributed by atoms with van der Waals surface area (Å²) in [4.78, 5) is 36.8. The van der Waals surface area contributed by atoms with Gasteiger partial charge in [-0.05, 0) is 62.7 Å². The van der Waals surface area contributed by atoms with Crippen molar-refractivity contribution in [1.82, 2.24) is 15.0 Å². The molecule has 1 aromatic carbocycles. The number of carbonyl (C=O) groups is 2. The quantitative estimate of drug-likeness (QED) is 0.351. The van der Waals surface area contributed by atoms with Gasteiger partial charge in [0.15, 0.2) is 6.10 Å². The van der Waals surface area contributed by atoms with Gasteiger partial charge in [0.05, 0.1) is 10.5 Å². The second-order valence-corrected chi connectivity index (χ2v) is 9.33. The van der Waals surface area contributed by atoms with Crippen molar-refractivity contribution in [3.8, 4) is 0 Å². The maximum atomic E-state index is 12.6. The van der Waals surface area contributed by atoms with E-state index < -0.39 is 28.0 Å². The molecule has 0 saturated heterocycles. The molecule has 0 spiro atoms. The smallest absolute Gasteiger partial charge is 0.339 e. The van der Waals surface area contributed by atoms with Crippen LogP contribution in [-0.4, -0.2) is 41.4 Å². The average molecular weight is 504 g/mol. The first-order valence-corrected chi connectivity index (χ1v) is 12.0. The molecule has 2 heterocycles. The summed E-state index contributed by atoms with van der Waals surface area (Å²) in [7, 11) is -3.94. The Labute approximate surface area is 201 Å². The van der Waals surface area contributed by atoms with Gasteiger partial charge >= 0.3 is 5.97 Å². The number of rotatable bonds is 8. The Morgan fingerprint density at radius 3 is 2.29 bits per heavy atom. The normalized spacial score (nSPS) is 12.0. The van der Waals surface area contributed by atoms with Crippen LogP contribution >= 0.6 is 11.6 Å². The van der Waals surface area contributed by atoms with Gasteiger partial charge in [-0.1, -0.05) is 18.5 Å². The minimum Gasteiger partial charge on any atom is -0.449 e. The number of hydrogen-bond donors (Lipinski definition) is 2. The lowest BCUT2D eigenvalue weighted by Gasteiger charge is -2.16. The lowest BCUT2D eigenvalue weighted by Crippen LogP contribution is -2.32. The fraction of sp³-hybridized carbons (Fsp3) is 0.227. The maximum Gasteiger partial charge on any atom is 0.339 e. The second-order valence-electron chi connectivity index (χ2n) is 7.26. The van der Waals surface area contributed by atoms with E-state index in [1.54, 1.807) is 26.8 Å². The summed E-state index contributed by atoms with van der Waals surface area (Å²) in [6.45, 7) is 5.15. The molecule has 2 aromatic heterocycles. The lowest BCUT2D eigenvalue weighted by molar-refractivity contribution is -0.124. The molecular weight excluding hydrogens is 482 g/mol. The number of esters is 1. The molecule has 12 heteroatoms. The SMILES string of the molecule is CCC(OC(=O)c1ccnc(Cl)c1)C(=O)Nc1ccc(S(=O)(=O)Nc2nc(C)cc(C)n2)cc1. The number of amides is 1. The Morgan fingerprint density at radius 2 is 1.71 bits per heavy atom. The molecule has 10 nitrogen and oxygen atoms in total. The first-order valence-electron chi connectivity index (χ1n) is 10.2. The number of anilines is 2. The molecule has 0 aliphatic carbocycles. The van der Waals surface area contributed by atoms with Crippen molar-refractivity contribution < 1.29 is 22.7 Å². The Kier molecular flexibility index (Phi) is 7.79.